The molecule has 98 valence electrons. The molecule has 3 aromatic rings. The maximum absolute atomic E-state index is 12.3. The van der Waals surface area contributed by atoms with Crippen molar-refractivity contribution in [1.29, 1.82) is 0 Å². The van der Waals surface area contributed by atoms with Crippen LogP contribution < -0.4 is 0 Å². The predicted molar refractivity (Wildman–Crippen MR) is 79.7 cm³/mol. The van der Waals surface area contributed by atoms with E-state index in [-0.39, 0.29) is 5.78 Å². The summed E-state index contributed by atoms with van der Waals surface area (Å²) in [5.74, 6) is -0.276. The lowest BCUT2D eigenvalue weighted by atomic mass is 9.98. The fourth-order valence-corrected chi connectivity index (χ4v) is 2.29. The van der Waals surface area contributed by atoms with Crippen molar-refractivity contribution in [3.05, 3.63) is 83.9 Å². The van der Waals surface area contributed by atoms with Crippen molar-refractivity contribution in [2.45, 2.75) is 6.10 Å². The summed E-state index contributed by atoms with van der Waals surface area (Å²) in [6.45, 7) is 0. The van der Waals surface area contributed by atoms with E-state index in [1.165, 1.54) is 0 Å². The van der Waals surface area contributed by atoms with E-state index < -0.39 is 6.10 Å². The molecule has 0 aliphatic carbocycles. The van der Waals surface area contributed by atoms with Crippen LogP contribution in [0, 0.1) is 0 Å². The number of aliphatic hydroxyl groups is 1. The standard InChI is InChI=1S/C18H14O2/c19-17(14-7-2-1-3-8-14)18(20)16-11-10-13-6-4-5-9-15(13)12-16/h1-12,17,19H. The van der Waals surface area contributed by atoms with Gasteiger partial charge in [-0.05, 0) is 22.4 Å². The first kappa shape index (κ1) is 12.6. The van der Waals surface area contributed by atoms with Crippen molar-refractivity contribution >= 4 is 16.6 Å². The summed E-state index contributed by atoms with van der Waals surface area (Å²) in [5, 5.41) is 12.2. The molecular formula is C18H14O2. The highest BCUT2D eigenvalue weighted by molar-refractivity contribution is 6.02. The highest BCUT2D eigenvalue weighted by Crippen LogP contribution is 2.21. The van der Waals surface area contributed by atoms with Crippen LogP contribution >= 0.6 is 0 Å². The minimum absolute atomic E-state index is 0.276. The lowest BCUT2D eigenvalue weighted by Gasteiger charge is -2.10. The molecule has 0 spiro atoms. The third-order valence-corrected chi connectivity index (χ3v) is 3.40. The molecule has 0 saturated heterocycles. The first-order chi connectivity index (χ1) is 9.75. The second-order valence-electron chi connectivity index (χ2n) is 4.74. The van der Waals surface area contributed by atoms with Crippen molar-refractivity contribution < 1.29 is 9.90 Å². The largest absolute Gasteiger partial charge is 0.380 e. The van der Waals surface area contributed by atoms with Crippen molar-refractivity contribution in [2.24, 2.45) is 0 Å². The Kier molecular flexibility index (Phi) is 3.32. The quantitative estimate of drug-likeness (QED) is 0.730. The minimum Gasteiger partial charge on any atom is -0.380 e. The van der Waals surface area contributed by atoms with E-state index in [2.05, 4.69) is 0 Å². The summed E-state index contributed by atoms with van der Waals surface area (Å²) in [4.78, 5) is 12.3. The summed E-state index contributed by atoms with van der Waals surface area (Å²) < 4.78 is 0. The van der Waals surface area contributed by atoms with Crippen LogP contribution in [0.2, 0.25) is 0 Å². The van der Waals surface area contributed by atoms with E-state index in [1.807, 2.05) is 54.6 Å². The van der Waals surface area contributed by atoms with E-state index in [1.54, 1.807) is 18.2 Å². The van der Waals surface area contributed by atoms with Gasteiger partial charge in [-0.25, -0.2) is 0 Å². The summed E-state index contributed by atoms with van der Waals surface area (Å²) in [6.07, 6.45) is -1.11. The molecule has 0 bridgehead atoms. The number of fused-ring (bicyclic) bond motifs is 1. The summed E-state index contributed by atoms with van der Waals surface area (Å²) in [7, 11) is 0. The van der Waals surface area contributed by atoms with Gasteiger partial charge < -0.3 is 5.11 Å². The Hall–Kier alpha value is -2.45. The molecule has 1 N–H and O–H groups in total. The molecule has 0 heterocycles. The number of carbonyl (C=O) groups is 1. The summed E-state index contributed by atoms with van der Waals surface area (Å²) in [6, 6.07) is 22.3. The topological polar surface area (TPSA) is 37.3 Å². The minimum atomic E-state index is -1.11. The smallest absolute Gasteiger partial charge is 0.195 e. The number of ketones is 1. The number of hydrogen-bond acceptors (Lipinski definition) is 2. The van der Waals surface area contributed by atoms with Crippen LogP contribution in [-0.2, 0) is 0 Å². The Labute approximate surface area is 117 Å². The normalized spacial score (nSPS) is 12.2. The van der Waals surface area contributed by atoms with Gasteiger partial charge in [-0.2, -0.15) is 0 Å². The van der Waals surface area contributed by atoms with Gasteiger partial charge in [0.05, 0.1) is 0 Å². The average Bonchev–Trinajstić information content (AvgIpc) is 2.54. The van der Waals surface area contributed by atoms with E-state index >= 15 is 0 Å². The van der Waals surface area contributed by atoms with Crippen LogP contribution in [0.4, 0.5) is 0 Å². The molecule has 3 aromatic carbocycles. The number of hydrogen-bond donors (Lipinski definition) is 1. The number of benzene rings is 3. The molecule has 1 atom stereocenters. The number of rotatable bonds is 3. The molecule has 0 fully saturated rings. The monoisotopic (exact) mass is 262 g/mol. The van der Waals surface area contributed by atoms with E-state index in [4.69, 9.17) is 0 Å². The molecular weight excluding hydrogens is 248 g/mol. The van der Waals surface area contributed by atoms with Crippen LogP contribution in [0.15, 0.2) is 72.8 Å². The van der Waals surface area contributed by atoms with Gasteiger partial charge in [0.1, 0.15) is 6.10 Å². The van der Waals surface area contributed by atoms with Crippen LogP contribution in [0.3, 0.4) is 0 Å². The number of aliphatic hydroxyl groups excluding tert-OH is 1. The average molecular weight is 262 g/mol. The molecule has 20 heavy (non-hydrogen) atoms. The van der Waals surface area contributed by atoms with Gasteiger partial charge >= 0.3 is 0 Å². The maximum Gasteiger partial charge on any atom is 0.195 e. The third-order valence-electron chi connectivity index (χ3n) is 3.40. The lowest BCUT2D eigenvalue weighted by Crippen LogP contribution is -2.12. The van der Waals surface area contributed by atoms with Gasteiger partial charge in [0, 0.05) is 5.56 Å². The van der Waals surface area contributed by atoms with Crippen molar-refractivity contribution in [3.63, 3.8) is 0 Å². The van der Waals surface area contributed by atoms with Crippen LogP contribution in [0.5, 0.6) is 0 Å². The highest BCUT2D eigenvalue weighted by atomic mass is 16.3. The fourth-order valence-electron chi connectivity index (χ4n) is 2.29. The van der Waals surface area contributed by atoms with Gasteiger partial charge in [-0.1, -0.05) is 66.7 Å². The second-order valence-corrected chi connectivity index (χ2v) is 4.74. The molecule has 0 amide bonds. The summed E-state index contributed by atoms with van der Waals surface area (Å²) >= 11 is 0. The van der Waals surface area contributed by atoms with E-state index in [0.29, 0.717) is 11.1 Å². The van der Waals surface area contributed by atoms with Gasteiger partial charge in [0.2, 0.25) is 0 Å². The Balaban J connectivity index is 1.96. The molecule has 0 radical (unpaired) electrons. The molecule has 0 aliphatic heterocycles. The Morgan fingerprint density at radius 1 is 0.800 bits per heavy atom. The Morgan fingerprint density at radius 3 is 2.20 bits per heavy atom. The predicted octanol–water partition coefficient (Wildman–Crippen LogP) is 3.76. The van der Waals surface area contributed by atoms with Crippen molar-refractivity contribution in [2.75, 3.05) is 0 Å². The van der Waals surface area contributed by atoms with Crippen LogP contribution in [-0.4, -0.2) is 10.9 Å². The van der Waals surface area contributed by atoms with E-state index in [9.17, 15) is 9.90 Å². The van der Waals surface area contributed by atoms with Crippen LogP contribution in [0.25, 0.3) is 10.8 Å². The first-order valence-corrected chi connectivity index (χ1v) is 6.52. The zero-order valence-corrected chi connectivity index (χ0v) is 10.9. The second kappa shape index (κ2) is 5.27. The van der Waals surface area contributed by atoms with Crippen LogP contribution in [0.1, 0.15) is 22.0 Å². The maximum atomic E-state index is 12.3. The molecule has 0 aromatic heterocycles. The van der Waals surface area contributed by atoms with E-state index in [0.717, 1.165) is 10.8 Å². The fraction of sp³-hybridized carbons (Fsp3) is 0.0556. The van der Waals surface area contributed by atoms with Gasteiger partial charge in [-0.3, -0.25) is 4.79 Å². The SMILES string of the molecule is O=C(c1ccc2ccccc2c1)C(O)c1ccccc1. The highest BCUT2D eigenvalue weighted by Gasteiger charge is 2.18. The number of carbonyl (C=O) groups excluding carboxylic acids is 1. The lowest BCUT2D eigenvalue weighted by molar-refractivity contribution is 0.0747. The van der Waals surface area contributed by atoms with Gasteiger partial charge in [-0.15, -0.1) is 0 Å². The molecule has 2 nitrogen and oxygen atoms in total. The van der Waals surface area contributed by atoms with Crippen molar-refractivity contribution in [3.8, 4) is 0 Å². The van der Waals surface area contributed by atoms with Gasteiger partial charge in [0.15, 0.2) is 5.78 Å². The molecule has 0 saturated carbocycles. The Morgan fingerprint density at radius 2 is 1.45 bits per heavy atom. The Bertz CT molecular complexity index is 747. The molecule has 0 aliphatic rings. The van der Waals surface area contributed by atoms with Crippen molar-refractivity contribution in [1.82, 2.24) is 0 Å². The zero-order chi connectivity index (χ0) is 13.9. The molecule has 2 heteroatoms. The number of Topliss-reactive ketones (excluding diaryl/α,β-unsaturated/α-hetero) is 1. The molecule has 1 unspecified atom stereocenters. The zero-order valence-electron chi connectivity index (χ0n) is 10.9. The van der Waals surface area contributed by atoms with Gasteiger partial charge in [0.25, 0.3) is 0 Å². The molecule has 3 rings (SSSR count). The summed E-state index contributed by atoms with van der Waals surface area (Å²) in [5.41, 5.74) is 1.14. The first-order valence-electron chi connectivity index (χ1n) is 6.52. The third kappa shape index (κ3) is 2.33.